The number of rotatable bonds is 7. The maximum Gasteiger partial charge on any atom is 0.318 e. The van der Waals surface area contributed by atoms with E-state index in [0.717, 1.165) is 16.3 Å². The molecule has 0 bridgehead atoms. The van der Waals surface area contributed by atoms with E-state index in [0.29, 0.717) is 0 Å². The number of carboxylic acids is 1. The van der Waals surface area contributed by atoms with Crippen LogP contribution in [0.3, 0.4) is 0 Å². The van der Waals surface area contributed by atoms with Crippen LogP contribution in [0.1, 0.15) is 12.5 Å². The molecule has 0 unspecified atom stereocenters. The first-order valence-electron chi connectivity index (χ1n) is 5.83. The molecule has 1 N–H and O–H groups in total. The van der Waals surface area contributed by atoms with Gasteiger partial charge in [-0.3, -0.25) is 4.79 Å². The predicted molar refractivity (Wildman–Crippen MR) is 72.4 cm³/mol. The lowest BCUT2D eigenvalue weighted by molar-refractivity contribution is -0.137. The Bertz CT molecular complexity index is 549. The van der Waals surface area contributed by atoms with Crippen LogP contribution in [-0.4, -0.2) is 36.9 Å². The molecule has 0 saturated carbocycles. The number of aliphatic carboxylic acids is 1. The number of sulfonamides is 1. The monoisotopic (exact) mass is 283 g/mol. The van der Waals surface area contributed by atoms with E-state index in [1.807, 2.05) is 6.92 Å². The molecule has 5 nitrogen and oxygen atoms in total. The molecule has 0 spiro atoms. The molecule has 0 amide bonds. The van der Waals surface area contributed by atoms with E-state index in [1.165, 1.54) is 18.2 Å². The predicted octanol–water partition coefficient (Wildman–Crippen LogP) is 1.51. The van der Waals surface area contributed by atoms with Gasteiger partial charge in [0.2, 0.25) is 10.0 Å². The van der Waals surface area contributed by atoms with Crippen molar-refractivity contribution in [1.82, 2.24) is 4.31 Å². The van der Waals surface area contributed by atoms with Gasteiger partial charge in [-0.2, -0.15) is 4.31 Å². The van der Waals surface area contributed by atoms with E-state index in [9.17, 15) is 13.2 Å². The Balaban J connectivity index is 3.10. The first-order chi connectivity index (χ1) is 8.91. The van der Waals surface area contributed by atoms with Crippen LogP contribution >= 0.6 is 0 Å². The van der Waals surface area contributed by atoms with Crippen LogP contribution in [0.2, 0.25) is 0 Å². The van der Waals surface area contributed by atoms with Crippen LogP contribution in [-0.2, 0) is 21.2 Å². The van der Waals surface area contributed by atoms with Crippen LogP contribution in [0, 0.1) is 0 Å². The van der Waals surface area contributed by atoms with Crippen molar-refractivity contribution in [3.63, 3.8) is 0 Å². The van der Waals surface area contributed by atoms with Crippen molar-refractivity contribution in [1.29, 1.82) is 0 Å². The third-order valence-electron chi connectivity index (χ3n) is 2.61. The van der Waals surface area contributed by atoms with Crippen LogP contribution in [0.25, 0.3) is 0 Å². The average Bonchev–Trinajstić information content (AvgIpc) is 2.38. The minimum atomic E-state index is -3.80. The van der Waals surface area contributed by atoms with E-state index in [2.05, 4.69) is 6.58 Å². The summed E-state index contributed by atoms with van der Waals surface area (Å²) in [6.45, 7) is 4.80. The van der Waals surface area contributed by atoms with Gasteiger partial charge < -0.3 is 5.11 Å². The minimum absolute atomic E-state index is 0.0375. The zero-order chi connectivity index (χ0) is 14.5. The van der Waals surface area contributed by atoms with Crippen LogP contribution in [0.4, 0.5) is 0 Å². The van der Waals surface area contributed by atoms with Gasteiger partial charge in [-0.05, 0) is 24.1 Å². The lowest BCUT2D eigenvalue weighted by atomic mass is 10.2. The van der Waals surface area contributed by atoms with Gasteiger partial charge in [-0.15, -0.1) is 6.58 Å². The summed E-state index contributed by atoms with van der Waals surface area (Å²) in [5.74, 6) is -1.20. The number of hydrogen-bond acceptors (Lipinski definition) is 3. The Morgan fingerprint density at radius 2 is 1.95 bits per heavy atom. The molecule has 1 rings (SSSR count). The molecule has 0 radical (unpaired) electrons. The number of benzene rings is 1. The van der Waals surface area contributed by atoms with Crippen molar-refractivity contribution in [2.75, 3.05) is 13.1 Å². The SMILES string of the molecule is C=CCN(CC(=O)O)S(=O)(=O)c1ccc(CC)cc1. The molecule has 0 heterocycles. The van der Waals surface area contributed by atoms with E-state index in [-0.39, 0.29) is 11.4 Å². The Morgan fingerprint density at radius 3 is 2.37 bits per heavy atom. The highest BCUT2D eigenvalue weighted by Gasteiger charge is 2.25. The Morgan fingerprint density at radius 1 is 1.37 bits per heavy atom. The average molecular weight is 283 g/mol. The number of nitrogens with zero attached hydrogens (tertiary/aromatic N) is 1. The standard InChI is InChI=1S/C13H17NO4S/c1-3-9-14(10-13(15)16)19(17,18)12-7-5-11(4-2)6-8-12/h3,5-8H,1,4,9-10H2,2H3,(H,15,16). The fraction of sp³-hybridized carbons (Fsp3) is 0.308. The van der Waals surface area contributed by atoms with E-state index in [4.69, 9.17) is 5.11 Å². The molecule has 6 heteroatoms. The summed E-state index contributed by atoms with van der Waals surface area (Å²) in [6.07, 6.45) is 2.17. The third-order valence-corrected chi connectivity index (χ3v) is 4.44. The van der Waals surface area contributed by atoms with Gasteiger partial charge in [0.1, 0.15) is 6.54 Å². The number of carbonyl (C=O) groups is 1. The molecule has 0 aliphatic heterocycles. The van der Waals surface area contributed by atoms with Crippen molar-refractivity contribution in [3.05, 3.63) is 42.5 Å². The first kappa shape index (κ1) is 15.4. The second kappa shape index (κ2) is 6.49. The minimum Gasteiger partial charge on any atom is -0.480 e. The normalized spacial score (nSPS) is 11.5. The number of hydrogen-bond donors (Lipinski definition) is 1. The summed E-state index contributed by atoms with van der Waals surface area (Å²) < 4.78 is 25.4. The van der Waals surface area contributed by atoms with E-state index < -0.39 is 22.5 Å². The Kier molecular flexibility index (Phi) is 5.26. The van der Waals surface area contributed by atoms with Crippen molar-refractivity contribution >= 4 is 16.0 Å². The molecule has 1 aromatic carbocycles. The van der Waals surface area contributed by atoms with E-state index >= 15 is 0 Å². The van der Waals surface area contributed by atoms with Gasteiger partial charge >= 0.3 is 5.97 Å². The molecule has 0 aliphatic carbocycles. The summed E-state index contributed by atoms with van der Waals surface area (Å²) >= 11 is 0. The molecular weight excluding hydrogens is 266 g/mol. The summed E-state index contributed by atoms with van der Waals surface area (Å²) in [5.41, 5.74) is 1.02. The van der Waals surface area contributed by atoms with Gasteiger partial charge in [0.05, 0.1) is 4.90 Å². The van der Waals surface area contributed by atoms with Gasteiger partial charge in [0.15, 0.2) is 0 Å². The van der Waals surface area contributed by atoms with Gasteiger partial charge in [0.25, 0.3) is 0 Å². The second-order valence-corrected chi connectivity index (χ2v) is 5.92. The molecule has 0 aliphatic rings. The van der Waals surface area contributed by atoms with Crippen LogP contribution < -0.4 is 0 Å². The Labute approximate surface area is 113 Å². The lowest BCUT2D eigenvalue weighted by Gasteiger charge is -2.18. The fourth-order valence-electron chi connectivity index (χ4n) is 1.59. The number of carboxylic acid groups (broad SMARTS) is 1. The van der Waals surface area contributed by atoms with Gasteiger partial charge in [-0.25, -0.2) is 8.42 Å². The lowest BCUT2D eigenvalue weighted by Crippen LogP contribution is -2.35. The van der Waals surface area contributed by atoms with Crippen LogP contribution in [0.15, 0.2) is 41.8 Å². The van der Waals surface area contributed by atoms with Crippen molar-refractivity contribution in [3.8, 4) is 0 Å². The van der Waals surface area contributed by atoms with Crippen molar-refractivity contribution in [2.24, 2.45) is 0 Å². The second-order valence-electron chi connectivity index (χ2n) is 3.98. The summed E-state index contributed by atoms with van der Waals surface area (Å²) in [6, 6.07) is 6.43. The maximum absolute atomic E-state index is 12.3. The molecule has 0 fully saturated rings. The highest BCUT2D eigenvalue weighted by atomic mass is 32.2. The molecule has 19 heavy (non-hydrogen) atoms. The molecule has 0 aromatic heterocycles. The highest BCUT2D eigenvalue weighted by Crippen LogP contribution is 2.16. The maximum atomic E-state index is 12.3. The molecule has 0 saturated heterocycles. The van der Waals surface area contributed by atoms with Gasteiger partial charge in [-0.1, -0.05) is 25.1 Å². The zero-order valence-corrected chi connectivity index (χ0v) is 11.6. The topological polar surface area (TPSA) is 74.7 Å². The van der Waals surface area contributed by atoms with Gasteiger partial charge in [0, 0.05) is 6.54 Å². The smallest absolute Gasteiger partial charge is 0.318 e. The quantitative estimate of drug-likeness (QED) is 0.770. The summed E-state index contributed by atoms with van der Waals surface area (Å²) in [4.78, 5) is 10.8. The molecule has 104 valence electrons. The first-order valence-corrected chi connectivity index (χ1v) is 7.27. The van der Waals surface area contributed by atoms with Crippen molar-refractivity contribution < 1.29 is 18.3 Å². The zero-order valence-electron chi connectivity index (χ0n) is 10.7. The van der Waals surface area contributed by atoms with Crippen LogP contribution in [0.5, 0.6) is 0 Å². The Hall–Kier alpha value is -1.66. The molecular formula is C13H17NO4S. The number of aryl methyl sites for hydroxylation is 1. The summed E-state index contributed by atoms with van der Waals surface area (Å²) in [5, 5.41) is 8.76. The summed E-state index contributed by atoms with van der Waals surface area (Å²) in [7, 11) is -3.80. The third kappa shape index (κ3) is 3.90. The highest BCUT2D eigenvalue weighted by molar-refractivity contribution is 7.89. The molecule has 1 aromatic rings. The van der Waals surface area contributed by atoms with Crippen molar-refractivity contribution in [2.45, 2.75) is 18.2 Å². The van der Waals surface area contributed by atoms with E-state index in [1.54, 1.807) is 12.1 Å². The fourth-order valence-corrected chi connectivity index (χ4v) is 2.95. The largest absolute Gasteiger partial charge is 0.480 e. The molecule has 0 atom stereocenters.